The van der Waals surface area contributed by atoms with Crippen LogP contribution in [0.2, 0.25) is 0 Å². The van der Waals surface area contributed by atoms with E-state index >= 15 is 0 Å². The molecule has 0 amide bonds. The fourth-order valence-corrected chi connectivity index (χ4v) is 2.43. The van der Waals surface area contributed by atoms with E-state index < -0.39 is 0 Å². The summed E-state index contributed by atoms with van der Waals surface area (Å²) in [4.78, 5) is 11.9. The summed E-state index contributed by atoms with van der Waals surface area (Å²) in [5.74, 6) is 0. The highest BCUT2D eigenvalue weighted by atomic mass is 79.9. The number of halogens is 1. The number of unbranched alkanes of at least 4 members (excludes halogenated alkanes) is 3. The van der Waals surface area contributed by atoms with Crippen LogP contribution >= 0.6 is 15.9 Å². The third-order valence-electron chi connectivity index (χ3n) is 3.18. The Bertz CT molecular complexity index is 445. The van der Waals surface area contributed by atoms with Crippen LogP contribution in [-0.2, 0) is 6.54 Å². The molecule has 108 valence electrons. The second kappa shape index (κ2) is 8.35. The molecule has 1 atom stereocenters. The van der Waals surface area contributed by atoms with Crippen LogP contribution in [-0.4, -0.2) is 15.8 Å². The van der Waals surface area contributed by atoms with Crippen LogP contribution in [0.25, 0.3) is 0 Å². The Kier molecular flexibility index (Phi) is 7.13. The van der Waals surface area contributed by atoms with Gasteiger partial charge in [0.1, 0.15) is 4.47 Å². The number of hydrogen-bond donors (Lipinski definition) is 1. The van der Waals surface area contributed by atoms with Gasteiger partial charge in [0, 0.05) is 12.6 Å². The Labute approximate surface area is 123 Å². The van der Waals surface area contributed by atoms with Crippen LogP contribution in [0.1, 0.15) is 52.9 Å². The van der Waals surface area contributed by atoms with Gasteiger partial charge >= 0.3 is 0 Å². The third-order valence-corrected chi connectivity index (χ3v) is 3.94. The second-order valence-corrected chi connectivity index (χ2v) is 5.68. The van der Waals surface area contributed by atoms with Crippen molar-refractivity contribution < 1.29 is 0 Å². The normalized spacial score (nSPS) is 12.4. The van der Waals surface area contributed by atoms with E-state index in [1.165, 1.54) is 30.4 Å². The van der Waals surface area contributed by atoms with E-state index in [2.05, 4.69) is 40.2 Å². The largest absolute Gasteiger partial charge is 0.380 e. The van der Waals surface area contributed by atoms with Crippen molar-refractivity contribution in [3.8, 4) is 0 Å². The number of rotatable bonds is 8. The van der Waals surface area contributed by atoms with Crippen molar-refractivity contribution in [2.75, 3.05) is 5.32 Å². The van der Waals surface area contributed by atoms with Crippen molar-refractivity contribution in [2.24, 2.45) is 0 Å². The number of aromatic nitrogens is 2. The van der Waals surface area contributed by atoms with Gasteiger partial charge in [0.25, 0.3) is 5.56 Å². The van der Waals surface area contributed by atoms with Gasteiger partial charge in [-0.05, 0) is 36.2 Å². The van der Waals surface area contributed by atoms with E-state index in [1.54, 1.807) is 6.20 Å². The SMILES string of the molecule is CCCCCCC(C)Nc1cnn(CC)c(=O)c1Br. The lowest BCUT2D eigenvalue weighted by molar-refractivity contribution is 0.589. The van der Waals surface area contributed by atoms with Crippen molar-refractivity contribution in [3.05, 3.63) is 21.0 Å². The summed E-state index contributed by atoms with van der Waals surface area (Å²) in [5, 5.41) is 7.49. The van der Waals surface area contributed by atoms with E-state index in [-0.39, 0.29) is 5.56 Å². The first-order chi connectivity index (χ1) is 9.10. The Morgan fingerprint density at radius 1 is 1.37 bits per heavy atom. The zero-order valence-electron chi connectivity index (χ0n) is 12.1. The average Bonchev–Trinajstić information content (AvgIpc) is 2.40. The Morgan fingerprint density at radius 3 is 2.74 bits per heavy atom. The van der Waals surface area contributed by atoms with Gasteiger partial charge in [-0.1, -0.05) is 32.6 Å². The number of nitrogens with zero attached hydrogens (tertiary/aromatic N) is 2. The average molecular weight is 330 g/mol. The van der Waals surface area contributed by atoms with Gasteiger partial charge in [0.05, 0.1) is 11.9 Å². The smallest absolute Gasteiger partial charge is 0.283 e. The maximum atomic E-state index is 11.9. The number of nitrogens with one attached hydrogen (secondary N) is 1. The fourth-order valence-electron chi connectivity index (χ4n) is 2.01. The Morgan fingerprint density at radius 2 is 2.11 bits per heavy atom. The summed E-state index contributed by atoms with van der Waals surface area (Å²) in [6, 6.07) is 0.354. The Balaban J connectivity index is 2.57. The minimum Gasteiger partial charge on any atom is -0.380 e. The molecule has 0 aromatic carbocycles. The first kappa shape index (κ1) is 16.2. The summed E-state index contributed by atoms with van der Waals surface area (Å²) in [6.07, 6.45) is 7.89. The maximum Gasteiger partial charge on any atom is 0.283 e. The van der Waals surface area contributed by atoms with Gasteiger partial charge in [-0.2, -0.15) is 5.10 Å². The van der Waals surface area contributed by atoms with Gasteiger partial charge in [-0.25, -0.2) is 4.68 Å². The molecule has 0 aliphatic carbocycles. The predicted octanol–water partition coefficient (Wildman–Crippen LogP) is 3.80. The highest BCUT2D eigenvalue weighted by Gasteiger charge is 2.10. The molecule has 1 heterocycles. The highest BCUT2D eigenvalue weighted by molar-refractivity contribution is 9.10. The monoisotopic (exact) mass is 329 g/mol. The molecule has 1 aromatic heterocycles. The lowest BCUT2D eigenvalue weighted by Crippen LogP contribution is -2.25. The number of anilines is 1. The zero-order chi connectivity index (χ0) is 14.3. The van der Waals surface area contributed by atoms with Crippen molar-refractivity contribution >= 4 is 21.6 Å². The highest BCUT2D eigenvalue weighted by Crippen LogP contribution is 2.18. The molecule has 4 nitrogen and oxygen atoms in total. The summed E-state index contributed by atoms with van der Waals surface area (Å²) >= 11 is 3.36. The molecule has 0 aliphatic heterocycles. The van der Waals surface area contributed by atoms with Crippen LogP contribution in [0.3, 0.4) is 0 Å². The summed E-state index contributed by atoms with van der Waals surface area (Å²) in [6.45, 7) is 6.85. The number of aryl methyl sites for hydroxylation is 1. The quantitative estimate of drug-likeness (QED) is 0.738. The van der Waals surface area contributed by atoms with Gasteiger partial charge in [-0.3, -0.25) is 4.79 Å². The minimum atomic E-state index is -0.0781. The molecule has 1 aromatic rings. The van der Waals surface area contributed by atoms with Crippen LogP contribution in [0, 0.1) is 0 Å². The van der Waals surface area contributed by atoms with Gasteiger partial charge in [0.2, 0.25) is 0 Å². The standard InChI is InChI=1S/C14H24BrN3O/c1-4-6-7-8-9-11(3)17-12-10-16-18(5-2)14(19)13(12)15/h10-11,17H,4-9H2,1-3H3. The molecule has 19 heavy (non-hydrogen) atoms. The van der Waals surface area contributed by atoms with Crippen LogP contribution in [0.4, 0.5) is 5.69 Å². The van der Waals surface area contributed by atoms with E-state index in [0.717, 1.165) is 12.1 Å². The van der Waals surface area contributed by atoms with Crippen molar-refractivity contribution in [3.63, 3.8) is 0 Å². The molecule has 0 radical (unpaired) electrons. The molecule has 0 saturated carbocycles. The fraction of sp³-hybridized carbons (Fsp3) is 0.714. The van der Waals surface area contributed by atoms with E-state index in [1.807, 2.05) is 6.92 Å². The van der Waals surface area contributed by atoms with Crippen molar-refractivity contribution in [1.82, 2.24) is 9.78 Å². The van der Waals surface area contributed by atoms with Gasteiger partial charge in [0.15, 0.2) is 0 Å². The van der Waals surface area contributed by atoms with Gasteiger partial charge in [-0.15, -0.1) is 0 Å². The summed E-state index contributed by atoms with van der Waals surface area (Å²) in [7, 11) is 0. The lowest BCUT2D eigenvalue weighted by atomic mass is 10.1. The minimum absolute atomic E-state index is 0.0781. The lowest BCUT2D eigenvalue weighted by Gasteiger charge is -2.16. The molecule has 5 heteroatoms. The van der Waals surface area contributed by atoms with Crippen LogP contribution in [0.5, 0.6) is 0 Å². The van der Waals surface area contributed by atoms with Crippen LogP contribution in [0.15, 0.2) is 15.5 Å². The molecular weight excluding hydrogens is 306 g/mol. The van der Waals surface area contributed by atoms with Crippen molar-refractivity contribution in [1.29, 1.82) is 0 Å². The summed E-state index contributed by atoms with van der Waals surface area (Å²) < 4.78 is 2.02. The Hall–Kier alpha value is -0.840. The molecule has 0 spiro atoms. The summed E-state index contributed by atoms with van der Waals surface area (Å²) in [5.41, 5.74) is 0.711. The molecular formula is C14H24BrN3O. The van der Waals surface area contributed by atoms with E-state index in [0.29, 0.717) is 17.1 Å². The molecule has 1 rings (SSSR count). The first-order valence-corrected chi connectivity index (χ1v) is 7.91. The number of hydrogen-bond acceptors (Lipinski definition) is 3. The maximum absolute atomic E-state index is 11.9. The molecule has 0 fully saturated rings. The molecule has 0 bridgehead atoms. The van der Waals surface area contributed by atoms with E-state index in [4.69, 9.17) is 0 Å². The van der Waals surface area contributed by atoms with Crippen molar-refractivity contribution in [2.45, 2.75) is 65.5 Å². The van der Waals surface area contributed by atoms with E-state index in [9.17, 15) is 4.79 Å². The predicted molar refractivity (Wildman–Crippen MR) is 83.7 cm³/mol. The second-order valence-electron chi connectivity index (χ2n) is 4.89. The first-order valence-electron chi connectivity index (χ1n) is 7.12. The third kappa shape index (κ3) is 4.97. The molecule has 1 N–H and O–H groups in total. The zero-order valence-corrected chi connectivity index (χ0v) is 13.7. The molecule has 0 aliphatic rings. The van der Waals surface area contributed by atoms with Gasteiger partial charge < -0.3 is 5.32 Å². The molecule has 0 saturated heterocycles. The van der Waals surface area contributed by atoms with Crippen LogP contribution < -0.4 is 10.9 Å². The molecule has 1 unspecified atom stereocenters. The topological polar surface area (TPSA) is 46.9 Å².